The van der Waals surface area contributed by atoms with Crippen molar-refractivity contribution in [3.63, 3.8) is 0 Å². The number of carbonyl (C=O) groups is 1. The van der Waals surface area contributed by atoms with Crippen LogP contribution in [0.3, 0.4) is 0 Å². The molecule has 21 heavy (non-hydrogen) atoms. The molecule has 0 bridgehead atoms. The summed E-state index contributed by atoms with van der Waals surface area (Å²) in [4.78, 5) is 16.5. The number of ether oxygens (including phenoxy) is 1. The van der Waals surface area contributed by atoms with Crippen molar-refractivity contribution in [2.24, 2.45) is 0 Å². The van der Waals surface area contributed by atoms with E-state index in [9.17, 15) is 4.79 Å². The molecule has 1 aromatic heterocycles. The van der Waals surface area contributed by atoms with Gasteiger partial charge in [0.1, 0.15) is 11.6 Å². The van der Waals surface area contributed by atoms with Gasteiger partial charge in [-0.3, -0.25) is 4.79 Å². The molecule has 5 heteroatoms. The van der Waals surface area contributed by atoms with Crippen LogP contribution in [0.1, 0.15) is 24.7 Å². The van der Waals surface area contributed by atoms with E-state index in [0.29, 0.717) is 13.0 Å². The normalized spacial score (nSPS) is 16.9. The van der Waals surface area contributed by atoms with Crippen LogP contribution < -0.4 is 10.1 Å². The number of fused-ring (bicyclic) bond motifs is 1. The van der Waals surface area contributed by atoms with Gasteiger partial charge in [0.05, 0.1) is 6.54 Å². The molecule has 0 aliphatic carbocycles. The number of hydrogen-bond acceptors (Lipinski definition) is 3. The Kier molecular flexibility index (Phi) is 3.90. The van der Waals surface area contributed by atoms with Gasteiger partial charge in [0.15, 0.2) is 6.10 Å². The summed E-state index contributed by atoms with van der Waals surface area (Å²) in [6.07, 6.45) is 4.83. The largest absolute Gasteiger partial charge is 0.480 e. The predicted molar refractivity (Wildman–Crippen MR) is 78.9 cm³/mol. The van der Waals surface area contributed by atoms with Crippen molar-refractivity contribution >= 4 is 5.91 Å². The molecule has 0 unspecified atom stereocenters. The number of para-hydroxylation sites is 1. The van der Waals surface area contributed by atoms with E-state index in [4.69, 9.17) is 4.74 Å². The summed E-state index contributed by atoms with van der Waals surface area (Å²) >= 11 is 0. The maximum atomic E-state index is 12.2. The van der Waals surface area contributed by atoms with Crippen molar-refractivity contribution in [3.05, 3.63) is 48.0 Å². The van der Waals surface area contributed by atoms with Gasteiger partial charge in [-0.05, 0) is 31.4 Å². The average Bonchev–Trinajstić information content (AvgIpc) is 2.99. The predicted octanol–water partition coefficient (Wildman–Crippen LogP) is 1.91. The summed E-state index contributed by atoms with van der Waals surface area (Å²) in [5, 5.41) is 2.91. The van der Waals surface area contributed by atoms with E-state index < -0.39 is 6.10 Å². The second kappa shape index (κ2) is 5.99. The van der Waals surface area contributed by atoms with Crippen molar-refractivity contribution in [1.82, 2.24) is 14.9 Å². The van der Waals surface area contributed by atoms with Crippen LogP contribution in [0, 0.1) is 0 Å². The van der Waals surface area contributed by atoms with Gasteiger partial charge in [0.25, 0.3) is 5.91 Å². The number of aryl methyl sites for hydroxylation is 2. The number of imidazole rings is 1. The molecule has 0 saturated carbocycles. The molecule has 1 atom stereocenters. The smallest absolute Gasteiger partial charge is 0.261 e. The van der Waals surface area contributed by atoms with Gasteiger partial charge in [-0.25, -0.2) is 4.98 Å². The monoisotopic (exact) mass is 285 g/mol. The standard InChI is InChI=1S/C16H19N3O2/c1-2-19-10-9-17-15(19)11-18-16(20)14-8-7-12-5-3-4-6-13(12)21-14/h3-6,9-10,14H,2,7-8,11H2,1H3,(H,18,20)/t14-/m0/s1. The molecular weight excluding hydrogens is 266 g/mol. The SMILES string of the molecule is CCn1ccnc1CNC(=O)[C@@H]1CCc2ccccc2O1. The molecule has 1 aliphatic rings. The number of hydrogen-bond donors (Lipinski definition) is 1. The number of rotatable bonds is 4. The molecule has 1 aromatic carbocycles. The maximum absolute atomic E-state index is 12.2. The van der Waals surface area contributed by atoms with Crippen molar-refractivity contribution in [2.45, 2.75) is 39.0 Å². The van der Waals surface area contributed by atoms with Gasteiger partial charge in [-0.15, -0.1) is 0 Å². The zero-order valence-electron chi connectivity index (χ0n) is 12.1. The highest BCUT2D eigenvalue weighted by atomic mass is 16.5. The van der Waals surface area contributed by atoms with Crippen LogP contribution in [-0.4, -0.2) is 21.6 Å². The van der Waals surface area contributed by atoms with Gasteiger partial charge < -0.3 is 14.6 Å². The third-order valence-electron chi connectivity index (χ3n) is 3.77. The highest BCUT2D eigenvalue weighted by Gasteiger charge is 2.25. The topological polar surface area (TPSA) is 56.2 Å². The lowest BCUT2D eigenvalue weighted by molar-refractivity contribution is -0.128. The van der Waals surface area contributed by atoms with Crippen LogP contribution in [0.25, 0.3) is 0 Å². The van der Waals surface area contributed by atoms with Gasteiger partial charge in [0, 0.05) is 18.9 Å². The average molecular weight is 285 g/mol. The Balaban J connectivity index is 1.60. The molecule has 2 aromatic rings. The minimum Gasteiger partial charge on any atom is -0.480 e. The van der Waals surface area contributed by atoms with E-state index in [-0.39, 0.29) is 5.91 Å². The number of carbonyl (C=O) groups excluding carboxylic acids is 1. The fraction of sp³-hybridized carbons (Fsp3) is 0.375. The van der Waals surface area contributed by atoms with Crippen LogP contribution in [-0.2, 0) is 24.3 Å². The third-order valence-corrected chi connectivity index (χ3v) is 3.77. The molecule has 110 valence electrons. The van der Waals surface area contributed by atoms with E-state index >= 15 is 0 Å². The fourth-order valence-corrected chi connectivity index (χ4v) is 2.58. The first-order chi connectivity index (χ1) is 10.3. The molecule has 5 nitrogen and oxygen atoms in total. The molecule has 0 spiro atoms. The van der Waals surface area contributed by atoms with Crippen LogP contribution in [0.2, 0.25) is 0 Å². The highest BCUT2D eigenvalue weighted by molar-refractivity contribution is 5.81. The first-order valence-electron chi connectivity index (χ1n) is 7.30. The third kappa shape index (κ3) is 2.91. The molecule has 3 rings (SSSR count). The Bertz CT molecular complexity index is 636. The van der Waals surface area contributed by atoms with E-state index in [1.54, 1.807) is 6.20 Å². The Labute approximate surface area is 124 Å². The summed E-state index contributed by atoms with van der Waals surface area (Å²) in [5.41, 5.74) is 1.17. The van der Waals surface area contributed by atoms with E-state index in [1.165, 1.54) is 5.56 Å². The summed E-state index contributed by atoms with van der Waals surface area (Å²) in [5.74, 6) is 1.61. The summed E-state index contributed by atoms with van der Waals surface area (Å²) in [6, 6.07) is 7.88. The Morgan fingerprint density at radius 1 is 1.48 bits per heavy atom. The Morgan fingerprint density at radius 3 is 3.19 bits per heavy atom. The lowest BCUT2D eigenvalue weighted by atomic mass is 10.0. The minimum atomic E-state index is -0.412. The van der Waals surface area contributed by atoms with Crippen LogP contribution >= 0.6 is 0 Å². The quantitative estimate of drug-likeness (QED) is 0.933. The van der Waals surface area contributed by atoms with Gasteiger partial charge in [0.2, 0.25) is 0 Å². The minimum absolute atomic E-state index is 0.0739. The maximum Gasteiger partial charge on any atom is 0.261 e. The summed E-state index contributed by atoms with van der Waals surface area (Å²) in [7, 11) is 0. The zero-order chi connectivity index (χ0) is 14.7. The van der Waals surface area contributed by atoms with Crippen molar-refractivity contribution < 1.29 is 9.53 Å². The first kappa shape index (κ1) is 13.7. The molecule has 1 N–H and O–H groups in total. The number of aromatic nitrogens is 2. The molecular formula is C16H19N3O2. The van der Waals surface area contributed by atoms with Crippen molar-refractivity contribution in [2.75, 3.05) is 0 Å². The van der Waals surface area contributed by atoms with Crippen LogP contribution in [0.5, 0.6) is 5.75 Å². The van der Waals surface area contributed by atoms with Gasteiger partial charge >= 0.3 is 0 Å². The zero-order valence-corrected chi connectivity index (χ0v) is 12.1. The van der Waals surface area contributed by atoms with Gasteiger partial charge in [-0.1, -0.05) is 18.2 Å². The van der Waals surface area contributed by atoms with E-state index in [2.05, 4.69) is 10.3 Å². The fourth-order valence-electron chi connectivity index (χ4n) is 2.58. The Hall–Kier alpha value is -2.30. The number of benzene rings is 1. The van der Waals surface area contributed by atoms with Gasteiger partial charge in [-0.2, -0.15) is 0 Å². The molecule has 1 aliphatic heterocycles. The Morgan fingerprint density at radius 2 is 2.33 bits per heavy atom. The second-order valence-corrected chi connectivity index (χ2v) is 5.10. The van der Waals surface area contributed by atoms with E-state index in [0.717, 1.165) is 24.5 Å². The number of amides is 1. The van der Waals surface area contributed by atoms with Crippen molar-refractivity contribution in [3.8, 4) is 5.75 Å². The number of nitrogens with zero attached hydrogens (tertiary/aromatic N) is 2. The highest BCUT2D eigenvalue weighted by Crippen LogP contribution is 2.27. The molecule has 1 amide bonds. The lowest BCUT2D eigenvalue weighted by Crippen LogP contribution is -2.40. The second-order valence-electron chi connectivity index (χ2n) is 5.10. The van der Waals surface area contributed by atoms with Crippen LogP contribution in [0.4, 0.5) is 0 Å². The summed E-state index contributed by atoms with van der Waals surface area (Å²) < 4.78 is 7.79. The lowest BCUT2D eigenvalue weighted by Gasteiger charge is -2.25. The first-order valence-corrected chi connectivity index (χ1v) is 7.30. The van der Waals surface area contributed by atoms with Crippen molar-refractivity contribution in [1.29, 1.82) is 0 Å². The van der Waals surface area contributed by atoms with E-state index in [1.807, 2.05) is 42.0 Å². The summed E-state index contributed by atoms with van der Waals surface area (Å²) in [6.45, 7) is 3.33. The molecule has 0 radical (unpaired) electrons. The molecule has 0 saturated heterocycles. The van der Waals surface area contributed by atoms with Crippen LogP contribution in [0.15, 0.2) is 36.7 Å². The number of nitrogens with one attached hydrogen (secondary N) is 1. The molecule has 0 fully saturated rings. The molecule has 2 heterocycles.